The molecular formula is C12H20F3N. The van der Waals surface area contributed by atoms with Gasteiger partial charge in [0.2, 0.25) is 0 Å². The van der Waals surface area contributed by atoms with Crippen LogP contribution in [0.3, 0.4) is 0 Å². The Bertz CT molecular complexity index is 259. The van der Waals surface area contributed by atoms with E-state index in [1.54, 1.807) is 0 Å². The van der Waals surface area contributed by atoms with Crippen molar-refractivity contribution in [3.8, 4) is 0 Å². The summed E-state index contributed by atoms with van der Waals surface area (Å²) in [7, 11) is 0. The Labute approximate surface area is 94.8 Å². The topological polar surface area (TPSA) is 12.0 Å². The second kappa shape index (κ2) is 3.90. The summed E-state index contributed by atoms with van der Waals surface area (Å²) in [5.74, 6) is -1.08. The van der Waals surface area contributed by atoms with Crippen molar-refractivity contribution in [1.82, 2.24) is 5.32 Å². The molecular weight excluding hydrogens is 215 g/mol. The van der Waals surface area contributed by atoms with Crippen molar-refractivity contribution in [2.24, 2.45) is 11.3 Å². The molecule has 0 radical (unpaired) electrons. The minimum atomic E-state index is -4.00. The fourth-order valence-electron chi connectivity index (χ4n) is 2.67. The highest BCUT2D eigenvalue weighted by Crippen LogP contribution is 2.46. The predicted molar refractivity (Wildman–Crippen MR) is 57.1 cm³/mol. The summed E-state index contributed by atoms with van der Waals surface area (Å²) in [6.07, 6.45) is -0.709. The lowest BCUT2D eigenvalue weighted by molar-refractivity contribution is -0.183. The average molecular weight is 235 g/mol. The fraction of sp³-hybridized carbons (Fsp3) is 1.00. The molecule has 2 saturated carbocycles. The molecule has 0 saturated heterocycles. The molecule has 0 heterocycles. The zero-order chi connectivity index (χ0) is 12.0. The second-order valence-corrected chi connectivity index (χ2v) is 6.01. The van der Waals surface area contributed by atoms with Gasteiger partial charge in [0.1, 0.15) is 0 Å². The molecule has 4 heteroatoms. The maximum absolute atomic E-state index is 12.6. The zero-order valence-corrected chi connectivity index (χ0v) is 9.90. The van der Waals surface area contributed by atoms with E-state index in [9.17, 15) is 13.2 Å². The van der Waals surface area contributed by atoms with E-state index in [2.05, 4.69) is 19.2 Å². The van der Waals surface area contributed by atoms with Crippen LogP contribution in [0.2, 0.25) is 0 Å². The van der Waals surface area contributed by atoms with Crippen LogP contribution in [0.4, 0.5) is 13.2 Å². The van der Waals surface area contributed by atoms with Gasteiger partial charge in [0.15, 0.2) is 0 Å². The summed E-state index contributed by atoms with van der Waals surface area (Å²) in [6.45, 7) is 4.32. The van der Waals surface area contributed by atoms with Gasteiger partial charge in [-0.3, -0.25) is 0 Å². The lowest BCUT2D eigenvalue weighted by atomic mass is 9.85. The Morgan fingerprint density at radius 3 is 2.31 bits per heavy atom. The average Bonchev–Trinajstić information content (AvgIpc) is 2.72. The Balaban J connectivity index is 1.83. The van der Waals surface area contributed by atoms with Gasteiger partial charge in [0.25, 0.3) is 0 Å². The number of hydrogen-bond acceptors (Lipinski definition) is 1. The molecule has 2 fully saturated rings. The summed E-state index contributed by atoms with van der Waals surface area (Å²) in [6, 6.07) is 0.511. The van der Waals surface area contributed by atoms with Gasteiger partial charge in [-0.05, 0) is 31.1 Å². The maximum Gasteiger partial charge on any atom is 0.391 e. The highest BCUT2D eigenvalue weighted by molar-refractivity contribution is 5.03. The minimum absolute atomic E-state index is 0.0761. The van der Waals surface area contributed by atoms with E-state index >= 15 is 0 Å². The molecule has 0 bridgehead atoms. The predicted octanol–water partition coefficient (Wildman–Crippen LogP) is 3.50. The molecule has 0 aromatic rings. The second-order valence-electron chi connectivity index (χ2n) is 6.01. The molecule has 3 unspecified atom stereocenters. The first kappa shape index (κ1) is 12.2. The molecule has 0 spiro atoms. The summed E-state index contributed by atoms with van der Waals surface area (Å²) < 4.78 is 37.8. The van der Waals surface area contributed by atoms with Crippen LogP contribution in [0, 0.1) is 11.3 Å². The molecule has 2 aliphatic rings. The molecule has 16 heavy (non-hydrogen) atoms. The number of nitrogens with one attached hydrogen (secondary N) is 1. The van der Waals surface area contributed by atoms with Gasteiger partial charge in [-0.15, -0.1) is 0 Å². The number of halogens is 3. The Kier molecular flexibility index (Phi) is 2.97. The van der Waals surface area contributed by atoms with Crippen LogP contribution in [-0.4, -0.2) is 18.3 Å². The van der Waals surface area contributed by atoms with Gasteiger partial charge in [-0.25, -0.2) is 0 Å². The first-order valence-electron chi connectivity index (χ1n) is 6.12. The molecule has 2 aliphatic carbocycles. The van der Waals surface area contributed by atoms with Gasteiger partial charge in [-0.1, -0.05) is 20.3 Å². The van der Waals surface area contributed by atoms with Crippen LogP contribution in [0.5, 0.6) is 0 Å². The Morgan fingerprint density at radius 2 is 1.81 bits per heavy atom. The lowest BCUT2D eigenvalue weighted by Gasteiger charge is -2.31. The third-order valence-electron chi connectivity index (χ3n) is 4.09. The normalized spacial score (nSPS) is 38.4. The van der Waals surface area contributed by atoms with Crippen LogP contribution < -0.4 is 5.32 Å². The van der Waals surface area contributed by atoms with E-state index in [1.807, 2.05) is 0 Å². The first-order valence-corrected chi connectivity index (χ1v) is 6.12. The van der Waals surface area contributed by atoms with Crippen molar-refractivity contribution in [1.29, 1.82) is 0 Å². The Hall–Kier alpha value is -0.250. The van der Waals surface area contributed by atoms with Crippen LogP contribution in [0.15, 0.2) is 0 Å². The van der Waals surface area contributed by atoms with E-state index in [-0.39, 0.29) is 12.5 Å². The molecule has 0 aliphatic heterocycles. The molecule has 0 aromatic carbocycles. The highest BCUT2D eigenvalue weighted by Gasteiger charge is 2.48. The number of rotatable bonds is 2. The largest absolute Gasteiger partial charge is 0.391 e. The zero-order valence-electron chi connectivity index (χ0n) is 9.90. The van der Waals surface area contributed by atoms with E-state index in [1.165, 1.54) is 0 Å². The molecule has 0 aromatic heterocycles. The van der Waals surface area contributed by atoms with E-state index < -0.39 is 12.1 Å². The van der Waals surface area contributed by atoms with Crippen molar-refractivity contribution in [2.45, 2.75) is 64.2 Å². The van der Waals surface area contributed by atoms with Crippen molar-refractivity contribution in [3.63, 3.8) is 0 Å². The summed E-state index contributed by atoms with van der Waals surface area (Å²) in [5.41, 5.74) is 0.297. The fourth-order valence-corrected chi connectivity index (χ4v) is 2.67. The van der Waals surface area contributed by atoms with Crippen LogP contribution >= 0.6 is 0 Å². The highest BCUT2D eigenvalue weighted by atomic mass is 19.4. The van der Waals surface area contributed by atoms with Gasteiger partial charge in [-0.2, -0.15) is 13.2 Å². The lowest BCUT2D eigenvalue weighted by Crippen LogP contribution is -2.40. The van der Waals surface area contributed by atoms with Crippen molar-refractivity contribution in [2.75, 3.05) is 0 Å². The molecule has 2 rings (SSSR count). The molecule has 1 N–H and O–H groups in total. The third-order valence-corrected chi connectivity index (χ3v) is 4.09. The molecule has 0 amide bonds. The van der Waals surface area contributed by atoms with Gasteiger partial charge < -0.3 is 5.32 Å². The number of alkyl halides is 3. The quantitative estimate of drug-likeness (QED) is 0.772. The third kappa shape index (κ3) is 2.70. The summed E-state index contributed by atoms with van der Waals surface area (Å²) in [5, 5.41) is 3.39. The van der Waals surface area contributed by atoms with E-state index in [0.29, 0.717) is 24.3 Å². The SMILES string of the molecule is CC1(C)CC1NC1CCCC(C(F)(F)F)C1. The standard InChI is InChI=1S/C12H20F3N/c1-11(2)7-10(11)16-9-5-3-4-8(6-9)12(13,14)15/h8-10,16H,3-7H2,1-2H3. The van der Waals surface area contributed by atoms with Crippen molar-refractivity contribution < 1.29 is 13.2 Å². The van der Waals surface area contributed by atoms with Gasteiger partial charge >= 0.3 is 6.18 Å². The monoisotopic (exact) mass is 235 g/mol. The van der Waals surface area contributed by atoms with Gasteiger partial charge in [0, 0.05) is 12.1 Å². The summed E-state index contributed by atoms with van der Waals surface area (Å²) >= 11 is 0. The first-order chi connectivity index (χ1) is 7.29. The smallest absolute Gasteiger partial charge is 0.311 e. The van der Waals surface area contributed by atoms with Crippen LogP contribution in [-0.2, 0) is 0 Å². The number of hydrogen-bond donors (Lipinski definition) is 1. The minimum Gasteiger partial charge on any atom is -0.311 e. The van der Waals surface area contributed by atoms with Crippen molar-refractivity contribution in [3.05, 3.63) is 0 Å². The summed E-state index contributed by atoms with van der Waals surface area (Å²) in [4.78, 5) is 0. The van der Waals surface area contributed by atoms with Crippen molar-refractivity contribution >= 4 is 0 Å². The van der Waals surface area contributed by atoms with Crippen LogP contribution in [0.25, 0.3) is 0 Å². The van der Waals surface area contributed by atoms with E-state index in [0.717, 1.165) is 12.8 Å². The van der Waals surface area contributed by atoms with Gasteiger partial charge in [0.05, 0.1) is 5.92 Å². The van der Waals surface area contributed by atoms with Crippen LogP contribution in [0.1, 0.15) is 46.0 Å². The molecule has 94 valence electrons. The maximum atomic E-state index is 12.6. The van der Waals surface area contributed by atoms with E-state index in [4.69, 9.17) is 0 Å². The Morgan fingerprint density at radius 1 is 1.19 bits per heavy atom. The molecule has 1 nitrogen and oxygen atoms in total. The molecule has 3 atom stereocenters.